The zero-order valence-electron chi connectivity index (χ0n) is 11.9. The van der Waals surface area contributed by atoms with Crippen LogP contribution in [0.4, 0.5) is 0 Å². The number of aliphatic imine (C=N–C) groups is 2. The lowest BCUT2D eigenvalue weighted by Crippen LogP contribution is -1.93. The van der Waals surface area contributed by atoms with Gasteiger partial charge >= 0.3 is 0 Å². The number of rotatable bonds is 4. The van der Waals surface area contributed by atoms with E-state index in [-0.39, 0.29) is 0 Å². The zero-order valence-corrected chi connectivity index (χ0v) is 13.4. The van der Waals surface area contributed by atoms with Crippen LogP contribution in [-0.2, 0) is 0 Å². The lowest BCUT2D eigenvalue weighted by Gasteiger charge is -2.12. The van der Waals surface area contributed by atoms with E-state index in [1.165, 1.54) is 6.20 Å². The number of nitrogens with zero attached hydrogens (tertiary/aromatic N) is 2. The molecule has 1 aromatic rings. The van der Waals surface area contributed by atoms with Crippen molar-refractivity contribution in [2.75, 3.05) is 0 Å². The quantitative estimate of drug-likeness (QED) is 0.624. The summed E-state index contributed by atoms with van der Waals surface area (Å²) in [6, 6.07) is 3.81. The Labute approximate surface area is 125 Å². The van der Waals surface area contributed by atoms with Gasteiger partial charge < -0.3 is 0 Å². The predicted molar refractivity (Wildman–Crippen MR) is 89.0 cm³/mol. The molecule has 0 saturated carbocycles. The zero-order chi connectivity index (χ0) is 15.0. The van der Waals surface area contributed by atoms with Gasteiger partial charge in [0, 0.05) is 5.56 Å². The van der Waals surface area contributed by atoms with Gasteiger partial charge in [-0.2, -0.15) is 0 Å². The van der Waals surface area contributed by atoms with Crippen molar-refractivity contribution in [3.63, 3.8) is 0 Å². The van der Waals surface area contributed by atoms with Gasteiger partial charge in [0.15, 0.2) is 0 Å². The summed E-state index contributed by atoms with van der Waals surface area (Å²) < 4.78 is 0. The van der Waals surface area contributed by atoms with Crippen molar-refractivity contribution in [3.8, 4) is 0 Å². The highest BCUT2D eigenvalue weighted by Gasteiger charge is 2.14. The summed E-state index contributed by atoms with van der Waals surface area (Å²) in [4.78, 5) is 7.52. The molecule has 1 aromatic carbocycles. The number of benzene rings is 1. The fraction of sp³-hybridized carbons (Fsp3) is 0.333. The normalized spacial score (nSPS) is 10.8. The second-order valence-corrected chi connectivity index (χ2v) is 4.60. The first-order valence-electron chi connectivity index (χ1n) is 6.13. The molecule has 0 N–H and O–H groups in total. The Bertz CT molecular complexity index is 477. The van der Waals surface area contributed by atoms with E-state index in [2.05, 4.69) is 37.3 Å². The highest BCUT2D eigenvalue weighted by atomic mass is 35.5. The fourth-order valence-corrected chi connectivity index (χ4v) is 2.14. The molecular formula is C15H20Cl2N2. The third-order valence-corrected chi connectivity index (χ3v) is 3.29. The Balaban J connectivity index is 0.00000154. The molecule has 0 atom stereocenters. The van der Waals surface area contributed by atoms with Crippen LogP contribution in [0.3, 0.4) is 0 Å². The fourth-order valence-electron chi connectivity index (χ4n) is 1.49. The Hall–Kier alpha value is -1.12. The number of hydrogen-bond acceptors (Lipinski definition) is 2. The van der Waals surface area contributed by atoms with Gasteiger partial charge in [0.05, 0.1) is 21.9 Å². The first kappa shape index (κ1) is 17.9. The molecule has 19 heavy (non-hydrogen) atoms. The molecule has 104 valence electrons. The van der Waals surface area contributed by atoms with E-state index >= 15 is 0 Å². The van der Waals surface area contributed by atoms with E-state index < -0.39 is 0 Å². The van der Waals surface area contributed by atoms with Crippen molar-refractivity contribution >= 4 is 42.3 Å². The van der Waals surface area contributed by atoms with Gasteiger partial charge in [0.25, 0.3) is 0 Å². The van der Waals surface area contributed by atoms with E-state index in [4.69, 9.17) is 23.2 Å². The molecule has 1 rings (SSSR count). The van der Waals surface area contributed by atoms with Gasteiger partial charge in [0.2, 0.25) is 0 Å². The van der Waals surface area contributed by atoms with Gasteiger partial charge in [-0.15, -0.1) is 0 Å². The van der Waals surface area contributed by atoms with Crippen molar-refractivity contribution in [3.05, 3.63) is 39.5 Å². The van der Waals surface area contributed by atoms with Gasteiger partial charge in [-0.05, 0) is 24.9 Å². The highest BCUT2D eigenvalue weighted by molar-refractivity contribution is 6.43. The maximum Gasteiger partial charge on any atom is 0.0892 e. The number of hydrogen-bond donors (Lipinski definition) is 0. The van der Waals surface area contributed by atoms with Crippen LogP contribution in [-0.4, -0.2) is 13.4 Å². The van der Waals surface area contributed by atoms with E-state index in [0.717, 1.165) is 5.56 Å². The summed E-state index contributed by atoms with van der Waals surface area (Å²) in [6.45, 7) is 15.0. The van der Waals surface area contributed by atoms with Crippen molar-refractivity contribution in [1.29, 1.82) is 0 Å². The van der Waals surface area contributed by atoms with Crippen LogP contribution in [0.1, 0.15) is 44.7 Å². The molecule has 0 saturated heterocycles. The largest absolute Gasteiger partial charge is 0.270 e. The summed E-state index contributed by atoms with van der Waals surface area (Å²) in [5.74, 6) is 0.315. The minimum Gasteiger partial charge on any atom is -0.270 e. The Morgan fingerprint density at radius 1 is 1.16 bits per heavy atom. The minimum absolute atomic E-state index is 0.315. The maximum absolute atomic E-state index is 6.23. The monoisotopic (exact) mass is 298 g/mol. The topological polar surface area (TPSA) is 24.7 Å². The summed E-state index contributed by atoms with van der Waals surface area (Å²) in [6.07, 6.45) is 1.50. The molecule has 0 amide bonds. The van der Waals surface area contributed by atoms with Crippen LogP contribution in [0.15, 0.2) is 28.3 Å². The molecule has 0 aliphatic heterocycles. The molecule has 0 unspecified atom stereocenters. The molecule has 0 heterocycles. The third-order valence-electron chi connectivity index (χ3n) is 2.39. The average Bonchev–Trinajstić information content (AvgIpc) is 2.41. The Kier molecular flexibility index (Phi) is 8.37. The first-order chi connectivity index (χ1) is 9.02. The van der Waals surface area contributed by atoms with Gasteiger partial charge in [-0.3, -0.25) is 9.98 Å². The predicted octanol–water partition coefficient (Wildman–Crippen LogP) is 5.84. The van der Waals surface area contributed by atoms with E-state index in [0.29, 0.717) is 27.2 Å². The second-order valence-electron chi connectivity index (χ2n) is 3.84. The molecule has 0 fully saturated rings. The van der Waals surface area contributed by atoms with Crippen molar-refractivity contribution in [2.24, 2.45) is 9.98 Å². The second kappa shape index (κ2) is 8.89. The Morgan fingerprint density at radius 2 is 1.74 bits per heavy atom. The van der Waals surface area contributed by atoms with E-state index in [1.54, 1.807) is 0 Å². The first-order valence-corrected chi connectivity index (χ1v) is 6.89. The van der Waals surface area contributed by atoms with Gasteiger partial charge in [-0.1, -0.05) is 63.0 Å². The lowest BCUT2D eigenvalue weighted by molar-refractivity contribution is 0.867. The van der Waals surface area contributed by atoms with Crippen LogP contribution in [0.2, 0.25) is 10.0 Å². The molecule has 0 aliphatic carbocycles. The molecule has 0 aliphatic rings. The summed E-state index contributed by atoms with van der Waals surface area (Å²) in [5.41, 5.74) is 2.28. The number of halogens is 2. The van der Waals surface area contributed by atoms with Crippen LogP contribution in [0.25, 0.3) is 5.70 Å². The van der Waals surface area contributed by atoms with Gasteiger partial charge in [-0.25, -0.2) is 0 Å². The molecule has 4 heteroatoms. The molecular weight excluding hydrogens is 279 g/mol. The maximum atomic E-state index is 6.23. The lowest BCUT2D eigenvalue weighted by atomic mass is 10.0. The molecule has 2 nitrogen and oxygen atoms in total. The van der Waals surface area contributed by atoms with Crippen LogP contribution < -0.4 is 0 Å². The smallest absolute Gasteiger partial charge is 0.0892 e. The van der Waals surface area contributed by atoms with E-state index in [9.17, 15) is 0 Å². The molecule has 0 aromatic heterocycles. The van der Waals surface area contributed by atoms with Crippen molar-refractivity contribution in [2.45, 2.75) is 33.6 Å². The SMILES string of the molecule is C=N/C=C(\N=C)c1ccc(C(C)C)c(Cl)c1Cl.CC. The van der Waals surface area contributed by atoms with Crippen LogP contribution in [0, 0.1) is 0 Å². The summed E-state index contributed by atoms with van der Waals surface area (Å²) in [5, 5.41) is 1.03. The van der Waals surface area contributed by atoms with Crippen molar-refractivity contribution in [1.82, 2.24) is 0 Å². The summed E-state index contributed by atoms with van der Waals surface area (Å²) >= 11 is 12.5. The van der Waals surface area contributed by atoms with E-state index in [1.807, 2.05) is 26.0 Å². The van der Waals surface area contributed by atoms with Gasteiger partial charge in [0.1, 0.15) is 0 Å². The molecule has 0 bridgehead atoms. The Morgan fingerprint density at radius 3 is 2.16 bits per heavy atom. The highest BCUT2D eigenvalue weighted by Crippen LogP contribution is 2.36. The molecule has 0 radical (unpaired) electrons. The minimum atomic E-state index is 0.315. The third kappa shape index (κ3) is 4.48. The average molecular weight is 299 g/mol. The summed E-state index contributed by atoms with van der Waals surface area (Å²) in [7, 11) is 0. The van der Waals surface area contributed by atoms with Crippen molar-refractivity contribution < 1.29 is 0 Å². The molecule has 0 spiro atoms. The van der Waals surface area contributed by atoms with Crippen LogP contribution >= 0.6 is 23.2 Å². The standard InChI is InChI=1S/C13H14Cl2N2.C2H6/c1-8(2)9-5-6-10(13(15)12(9)14)11(17-4)7-16-3;1-2/h5-8H,3-4H2,1-2H3;1-2H3/b11-7-;. The van der Waals surface area contributed by atoms with Crippen LogP contribution in [0.5, 0.6) is 0 Å².